The Kier molecular flexibility index (Phi) is 9.70. The van der Waals surface area contributed by atoms with Crippen molar-refractivity contribution in [1.29, 1.82) is 0 Å². The van der Waals surface area contributed by atoms with Crippen molar-refractivity contribution in [2.24, 2.45) is 0 Å². The van der Waals surface area contributed by atoms with E-state index in [0.29, 0.717) is 0 Å². The van der Waals surface area contributed by atoms with Gasteiger partial charge in [0, 0.05) is 55.4 Å². The molecule has 5 rings (SSSR count). The number of anilines is 1. The SMILES string of the molecule is Cl.Cl.Clc1ccc(C2(CCCN3CCN(c4ccccc4)CC3)CNCc3ccccc32)cc1. The first kappa shape index (κ1) is 26.8. The molecule has 1 N–H and O–H groups in total. The van der Waals surface area contributed by atoms with Crippen LogP contribution in [0.2, 0.25) is 5.02 Å². The molecule has 1 unspecified atom stereocenters. The van der Waals surface area contributed by atoms with Crippen molar-refractivity contribution in [3.8, 4) is 0 Å². The highest BCUT2D eigenvalue weighted by Crippen LogP contribution is 2.41. The first-order valence-corrected chi connectivity index (χ1v) is 12.2. The zero-order valence-corrected chi connectivity index (χ0v) is 21.8. The highest BCUT2D eigenvalue weighted by atomic mass is 35.5. The zero-order chi connectivity index (χ0) is 21.8. The summed E-state index contributed by atoms with van der Waals surface area (Å²) < 4.78 is 0. The van der Waals surface area contributed by atoms with Crippen LogP contribution in [0, 0.1) is 0 Å². The smallest absolute Gasteiger partial charge is 0.0406 e. The lowest BCUT2D eigenvalue weighted by molar-refractivity contribution is 0.243. The number of hydrogen-bond donors (Lipinski definition) is 1. The number of nitrogens with zero attached hydrogens (tertiary/aromatic N) is 2. The molecule has 0 aromatic heterocycles. The molecule has 0 radical (unpaired) electrons. The van der Waals surface area contributed by atoms with Crippen LogP contribution in [0.25, 0.3) is 0 Å². The molecule has 34 heavy (non-hydrogen) atoms. The van der Waals surface area contributed by atoms with Crippen molar-refractivity contribution in [1.82, 2.24) is 10.2 Å². The van der Waals surface area contributed by atoms with Crippen molar-refractivity contribution in [2.75, 3.05) is 44.2 Å². The van der Waals surface area contributed by atoms with E-state index in [0.717, 1.165) is 57.3 Å². The van der Waals surface area contributed by atoms with Gasteiger partial charge in [-0.3, -0.25) is 4.90 Å². The predicted octanol–water partition coefficient (Wildman–Crippen LogP) is 6.18. The summed E-state index contributed by atoms with van der Waals surface area (Å²) in [4.78, 5) is 5.14. The first-order chi connectivity index (χ1) is 15.7. The molecule has 0 saturated carbocycles. The van der Waals surface area contributed by atoms with Gasteiger partial charge in [0.25, 0.3) is 0 Å². The van der Waals surface area contributed by atoms with E-state index in [1.165, 1.54) is 28.8 Å². The molecule has 2 aliphatic heterocycles. The predicted molar refractivity (Wildman–Crippen MR) is 149 cm³/mol. The number of halogens is 3. The fourth-order valence-electron chi connectivity index (χ4n) is 5.51. The Morgan fingerprint density at radius 2 is 1.47 bits per heavy atom. The third kappa shape index (κ3) is 5.72. The summed E-state index contributed by atoms with van der Waals surface area (Å²) >= 11 is 6.23. The number of para-hydroxylation sites is 1. The molecule has 3 nitrogen and oxygen atoms in total. The van der Waals surface area contributed by atoms with Crippen LogP contribution in [0.3, 0.4) is 0 Å². The molecule has 1 atom stereocenters. The third-order valence-corrected chi connectivity index (χ3v) is 7.50. The fourth-order valence-corrected chi connectivity index (χ4v) is 5.64. The van der Waals surface area contributed by atoms with Crippen LogP contribution >= 0.6 is 36.4 Å². The molecule has 182 valence electrons. The van der Waals surface area contributed by atoms with Gasteiger partial charge in [0.05, 0.1) is 0 Å². The fraction of sp³-hybridized carbons (Fsp3) is 0.357. The van der Waals surface area contributed by atoms with Gasteiger partial charge >= 0.3 is 0 Å². The number of benzene rings is 3. The minimum Gasteiger partial charge on any atom is -0.369 e. The van der Waals surface area contributed by atoms with Crippen LogP contribution in [0.5, 0.6) is 0 Å². The largest absolute Gasteiger partial charge is 0.369 e. The van der Waals surface area contributed by atoms with Crippen LogP contribution < -0.4 is 10.2 Å². The number of fused-ring (bicyclic) bond motifs is 1. The number of rotatable bonds is 6. The molecule has 0 amide bonds. The van der Waals surface area contributed by atoms with Gasteiger partial charge < -0.3 is 10.2 Å². The molecular formula is C28H34Cl3N3. The molecule has 6 heteroatoms. The van der Waals surface area contributed by atoms with Gasteiger partial charge in [0.2, 0.25) is 0 Å². The minimum absolute atomic E-state index is 0. The summed E-state index contributed by atoms with van der Waals surface area (Å²) in [6.45, 7) is 7.57. The lowest BCUT2D eigenvalue weighted by atomic mass is 9.68. The Bertz CT molecular complexity index is 1020. The number of hydrogen-bond acceptors (Lipinski definition) is 3. The van der Waals surface area contributed by atoms with Gasteiger partial charge in [-0.05, 0) is 60.3 Å². The van der Waals surface area contributed by atoms with E-state index in [2.05, 4.69) is 81.8 Å². The van der Waals surface area contributed by atoms with E-state index in [9.17, 15) is 0 Å². The summed E-state index contributed by atoms with van der Waals surface area (Å²) in [6, 6.07) is 28.3. The normalized spacial score (nSPS) is 20.1. The maximum Gasteiger partial charge on any atom is 0.0406 e. The average Bonchev–Trinajstić information content (AvgIpc) is 2.85. The van der Waals surface area contributed by atoms with E-state index < -0.39 is 0 Å². The number of piperazine rings is 1. The van der Waals surface area contributed by atoms with Gasteiger partial charge in [-0.15, -0.1) is 24.8 Å². The summed E-state index contributed by atoms with van der Waals surface area (Å²) in [7, 11) is 0. The van der Waals surface area contributed by atoms with Crippen molar-refractivity contribution in [3.63, 3.8) is 0 Å². The monoisotopic (exact) mass is 517 g/mol. The van der Waals surface area contributed by atoms with Gasteiger partial charge in [-0.2, -0.15) is 0 Å². The Morgan fingerprint density at radius 1 is 0.794 bits per heavy atom. The Morgan fingerprint density at radius 3 is 2.21 bits per heavy atom. The molecular weight excluding hydrogens is 485 g/mol. The lowest BCUT2D eigenvalue weighted by Gasteiger charge is -2.41. The first-order valence-electron chi connectivity index (χ1n) is 11.8. The topological polar surface area (TPSA) is 18.5 Å². The molecule has 0 spiro atoms. The standard InChI is InChI=1S/C28H32ClN3.2ClH/c29-25-13-11-24(12-14-25)28(22-30-21-23-7-4-5-10-27(23)28)15-6-16-31-17-19-32(20-18-31)26-8-2-1-3-9-26;;/h1-5,7-14,30H,6,15-22H2;2*1H. The highest BCUT2D eigenvalue weighted by Gasteiger charge is 2.37. The molecule has 2 heterocycles. The second-order valence-electron chi connectivity index (χ2n) is 9.12. The van der Waals surface area contributed by atoms with Crippen molar-refractivity contribution in [3.05, 3.63) is 101 Å². The molecule has 3 aromatic carbocycles. The summed E-state index contributed by atoms with van der Waals surface area (Å²) in [5.41, 5.74) is 5.62. The number of nitrogens with one attached hydrogen (secondary N) is 1. The van der Waals surface area contributed by atoms with E-state index in [-0.39, 0.29) is 30.2 Å². The third-order valence-electron chi connectivity index (χ3n) is 7.24. The second-order valence-corrected chi connectivity index (χ2v) is 9.55. The van der Waals surface area contributed by atoms with Crippen LogP contribution in [0.1, 0.15) is 29.5 Å². The molecule has 0 bridgehead atoms. The van der Waals surface area contributed by atoms with Crippen LogP contribution in [0.4, 0.5) is 5.69 Å². The van der Waals surface area contributed by atoms with Gasteiger partial charge in [0.15, 0.2) is 0 Å². The van der Waals surface area contributed by atoms with E-state index in [1.54, 1.807) is 0 Å². The van der Waals surface area contributed by atoms with Crippen LogP contribution in [-0.2, 0) is 12.0 Å². The van der Waals surface area contributed by atoms with Gasteiger partial charge in [-0.1, -0.05) is 66.2 Å². The van der Waals surface area contributed by atoms with E-state index in [1.807, 2.05) is 12.1 Å². The maximum absolute atomic E-state index is 6.23. The van der Waals surface area contributed by atoms with Gasteiger partial charge in [-0.25, -0.2) is 0 Å². The maximum atomic E-state index is 6.23. The Balaban J connectivity index is 0.00000162. The molecule has 1 fully saturated rings. The van der Waals surface area contributed by atoms with Crippen molar-refractivity contribution < 1.29 is 0 Å². The summed E-state index contributed by atoms with van der Waals surface area (Å²) in [5.74, 6) is 0. The minimum atomic E-state index is 0. The Labute approximate surface area is 221 Å². The average molecular weight is 519 g/mol. The van der Waals surface area contributed by atoms with Gasteiger partial charge in [0.1, 0.15) is 0 Å². The van der Waals surface area contributed by atoms with Crippen LogP contribution in [0.15, 0.2) is 78.9 Å². The quantitative estimate of drug-likeness (QED) is 0.421. The van der Waals surface area contributed by atoms with E-state index >= 15 is 0 Å². The molecule has 1 saturated heterocycles. The Hall–Kier alpha value is -1.75. The summed E-state index contributed by atoms with van der Waals surface area (Å²) in [6.07, 6.45) is 2.32. The molecule has 2 aliphatic rings. The molecule has 0 aliphatic carbocycles. The summed E-state index contributed by atoms with van der Waals surface area (Å²) in [5, 5.41) is 4.51. The zero-order valence-electron chi connectivity index (χ0n) is 19.5. The second kappa shape index (κ2) is 12.3. The van der Waals surface area contributed by atoms with E-state index in [4.69, 9.17) is 11.6 Å². The van der Waals surface area contributed by atoms with Crippen molar-refractivity contribution in [2.45, 2.75) is 24.8 Å². The van der Waals surface area contributed by atoms with Crippen molar-refractivity contribution >= 4 is 42.1 Å². The molecule has 3 aromatic rings. The lowest BCUT2D eigenvalue weighted by Crippen LogP contribution is -2.47. The van der Waals surface area contributed by atoms with Crippen LogP contribution in [-0.4, -0.2) is 44.2 Å². The highest BCUT2D eigenvalue weighted by molar-refractivity contribution is 6.30.